The highest BCUT2D eigenvalue weighted by molar-refractivity contribution is 5.31. The molecule has 1 N–H and O–H groups in total. The Labute approximate surface area is 120 Å². The first-order chi connectivity index (χ1) is 9.79. The van der Waals surface area contributed by atoms with Crippen LogP contribution in [-0.2, 0) is 13.0 Å². The Morgan fingerprint density at radius 1 is 1.05 bits per heavy atom. The summed E-state index contributed by atoms with van der Waals surface area (Å²) in [6.45, 7) is 3.33. The highest BCUT2D eigenvalue weighted by atomic mass is 16.3. The van der Waals surface area contributed by atoms with Crippen LogP contribution in [-0.4, -0.2) is 22.7 Å². The lowest BCUT2D eigenvalue weighted by molar-refractivity contribution is 0.0737. The highest BCUT2D eigenvalue weighted by Gasteiger charge is 2.29. The molecule has 0 saturated heterocycles. The lowest BCUT2D eigenvalue weighted by Crippen LogP contribution is -2.42. The number of nitrogens with zero attached hydrogens (tertiary/aromatic N) is 1. The first-order valence-corrected chi connectivity index (χ1v) is 7.28. The molecule has 1 aliphatic rings. The Hall–Kier alpha value is -1.64. The zero-order chi connectivity index (χ0) is 13.9. The van der Waals surface area contributed by atoms with Gasteiger partial charge in [-0.25, -0.2) is 0 Å². The molecule has 2 nitrogen and oxygen atoms in total. The average molecular weight is 267 g/mol. The van der Waals surface area contributed by atoms with E-state index in [0.717, 1.165) is 13.0 Å². The second-order valence-corrected chi connectivity index (χ2v) is 5.60. The minimum atomic E-state index is 0.0829. The van der Waals surface area contributed by atoms with Gasteiger partial charge < -0.3 is 5.11 Å². The van der Waals surface area contributed by atoms with Gasteiger partial charge in [0.15, 0.2) is 0 Å². The fourth-order valence-electron chi connectivity index (χ4n) is 3.19. The van der Waals surface area contributed by atoms with Gasteiger partial charge in [-0.15, -0.1) is 0 Å². The second-order valence-electron chi connectivity index (χ2n) is 5.60. The molecular formula is C18H21NO. The molecule has 0 unspecified atom stereocenters. The van der Waals surface area contributed by atoms with Gasteiger partial charge in [0.25, 0.3) is 0 Å². The molecule has 0 amide bonds. The van der Waals surface area contributed by atoms with E-state index in [-0.39, 0.29) is 12.6 Å². The molecule has 0 saturated carbocycles. The summed E-state index contributed by atoms with van der Waals surface area (Å²) in [5.41, 5.74) is 4.03. The Morgan fingerprint density at radius 2 is 1.70 bits per heavy atom. The van der Waals surface area contributed by atoms with Gasteiger partial charge in [-0.05, 0) is 30.0 Å². The molecule has 2 heteroatoms. The number of aliphatic hydroxyl groups excluding tert-OH is 1. The van der Waals surface area contributed by atoms with Crippen molar-refractivity contribution in [2.45, 2.75) is 32.0 Å². The average Bonchev–Trinajstić information content (AvgIpc) is 2.49. The molecule has 20 heavy (non-hydrogen) atoms. The predicted molar refractivity (Wildman–Crippen MR) is 81.4 cm³/mol. The fourth-order valence-corrected chi connectivity index (χ4v) is 3.19. The summed E-state index contributed by atoms with van der Waals surface area (Å²) in [5, 5.41) is 9.86. The SMILES string of the molecule is C[C@H]1Cc2ccccc2CN1[C@@H](CO)c1ccccc1. The molecule has 1 aliphatic heterocycles. The van der Waals surface area contributed by atoms with E-state index < -0.39 is 0 Å². The third-order valence-electron chi connectivity index (χ3n) is 4.31. The molecule has 0 aromatic heterocycles. The Kier molecular flexibility index (Phi) is 3.86. The zero-order valence-electron chi connectivity index (χ0n) is 11.9. The molecule has 0 spiro atoms. The van der Waals surface area contributed by atoms with Crippen molar-refractivity contribution in [3.63, 3.8) is 0 Å². The van der Waals surface area contributed by atoms with Crippen molar-refractivity contribution in [2.24, 2.45) is 0 Å². The van der Waals surface area contributed by atoms with Crippen LogP contribution in [0.15, 0.2) is 54.6 Å². The van der Waals surface area contributed by atoms with Crippen LogP contribution in [0.5, 0.6) is 0 Å². The molecule has 3 rings (SSSR count). The van der Waals surface area contributed by atoms with Gasteiger partial charge in [0.2, 0.25) is 0 Å². The van der Waals surface area contributed by atoms with Crippen molar-refractivity contribution < 1.29 is 5.11 Å². The maximum Gasteiger partial charge on any atom is 0.0628 e. The molecule has 0 aliphatic carbocycles. The molecule has 2 atom stereocenters. The Balaban J connectivity index is 1.90. The van der Waals surface area contributed by atoms with E-state index in [9.17, 15) is 5.11 Å². The summed E-state index contributed by atoms with van der Waals surface area (Å²) < 4.78 is 0. The van der Waals surface area contributed by atoms with E-state index in [1.54, 1.807) is 0 Å². The third-order valence-corrected chi connectivity index (χ3v) is 4.31. The van der Waals surface area contributed by atoms with Crippen molar-refractivity contribution >= 4 is 0 Å². The van der Waals surface area contributed by atoms with Gasteiger partial charge in [0.05, 0.1) is 12.6 Å². The number of benzene rings is 2. The van der Waals surface area contributed by atoms with Crippen LogP contribution in [0.3, 0.4) is 0 Å². The quantitative estimate of drug-likeness (QED) is 0.923. The largest absolute Gasteiger partial charge is 0.394 e. The minimum Gasteiger partial charge on any atom is -0.394 e. The normalized spacial score (nSPS) is 20.4. The molecule has 2 aromatic rings. The fraction of sp³-hybridized carbons (Fsp3) is 0.333. The second kappa shape index (κ2) is 5.78. The summed E-state index contributed by atoms with van der Waals surface area (Å²) in [6.07, 6.45) is 1.06. The number of fused-ring (bicyclic) bond motifs is 1. The molecular weight excluding hydrogens is 246 g/mol. The van der Waals surface area contributed by atoms with Crippen LogP contribution < -0.4 is 0 Å². The van der Waals surface area contributed by atoms with Crippen LogP contribution in [0.1, 0.15) is 29.7 Å². The van der Waals surface area contributed by atoms with E-state index in [4.69, 9.17) is 0 Å². The van der Waals surface area contributed by atoms with Crippen LogP contribution in [0, 0.1) is 0 Å². The standard InChI is InChI=1S/C18H21NO/c1-14-11-16-9-5-6-10-17(16)12-19(14)18(13-20)15-7-3-2-4-8-15/h2-10,14,18,20H,11-13H2,1H3/t14-,18-/m0/s1. The summed E-state index contributed by atoms with van der Waals surface area (Å²) in [6, 6.07) is 19.5. The molecule has 0 radical (unpaired) electrons. The summed E-state index contributed by atoms with van der Waals surface area (Å²) >= 11 is 0. The predicted octanol–water partition coefficient (Wildman–Crippen LogP) is 3.17. The van der Waals surface area contributed by atoms with Crippen LogP contribution in [0.4, 0.5) is 0 Å². The van der Waals surface area contributed by atoms with E-state index in [2.05, 4.69) is 48.2 Å². The molecule has 0 fully saturated rings. The van der Waals surface area contributed by atoms with E-state index in [0.29, 0.717) is 6.04 Å². The first kappa shape index (κ1) is 13.3. The maximum absolute atomic E-state index is 9.86. The van der Waals surface area contributed by atoms with Gasteiger partial charge in [0.1, 0.15) is 0 Å². The molecule has 0 bridgehead atoms. The Bertz CT molecular complexity index is 567. The lowest BCUT2D eigenvalue weighted by atomic mass is 9.92. The van der Waals surface area contributed by atoms with Crippen LogP contribution in [0.2, 0.25) is 0 Å². The monoisotopic (exact) mass is 267 g/mol. The van der Waals surface area contributed by atoms with Gasteiger partial charge in [-0.2, -0.15) is 0 Å². The van der Waals surface area contributed by atoms with Crippen LogP contribution >= 0.6 is 0 Å². The topological polar surface area (TPSA) is 23.5 Å². The summed E-state index contributed by atoms with van der Waals surface area (Å²) in [5.74, 6) is 0. The van der Waals surface area contributed by atoms with Crippen molar-refractivity contribution in [3.8, 4) is 0 Å². The van der Waals surface area contributed by atoms with E-state index >= 15 is 0 Å². The number of rotatable bonds is 3. The minimum absolute atomic E-state index is 0.0829. The number of hydrogen-bond donors (Lipinski definition) is 1. The molecule has 1 heterocycles. The van der Waals surface area contributed by atoms with Gasteiger partial charge in [-0.1, -0.05) is 54.6 Å². The van der Waals surface area contributed by atoms with Crippen molar-refractivity contribution in [2.75, 3.05) is 6.61 Å². The highest BCUT2D eigenvalue weighted by Crippen LogP contribution is 2.31. The smallest absolute Gasteiger partial charge is 0.0628 e. The molecule has 104 valence electrons. The first-order valence-electron chi connectivity index (χ1n) is 7.28. The Morgan fingerprint density at radius 3 is 2.40 bits per heavy atom. The van der Waals surface area contributed by atoms with E-state index in [1.807, 2.05) is 18.2 Å². The number of hydrogen-bond acceptors (Lipinski definition) is 2. The van der Waals surface area contributed by atoms with E-state index in [1.165, 1.54) is 16.7 Å². The summed E-state index contributed by atoms with van der Waals surface area (Å²) in [4.78, 5) is 2.41. The number of aliphatic hydroxyl groups is 1. The lowest BCUT2D eigenvalue weighted by Gasteiger charge is -2.40. The van der Waals surface area contributed by atoms with Crippen molar-refractivity contribution in [1.29, 1.82) is 0 Å². The summed E-state index contributed by atoms with van der Waals surface area (Å²) in [7, 11) is 0. The van der Waals surface area contributed by atoms with Gasteiger partial charge in [-0.3, -0.25) is 4.90 Å². The zero-order valence-corrected chi connectivity index (χ0v) is 11.9. The maximum atomic E-state index is 9.86. The van der Waals surface area contributed by atoms with Gasteiger partial charge in [0, 0.05) is 12.6 Å². The third kappa shape index (κ3) is 2.49. The van der Waals surface area contributed by atoms with Crippen molar-refractivity contribution in [3.05, 3.63) is 71.3 Å². The van der Waals surface area contributed by atoms with Crippen LogP contribution in [0.25, 0.3) is 0 Å². The van der Waals surface area contributed by atoms with Crippen molar-refractivity contribution in [1.82, 2.24) is 4.90 Å². The van der Waals surface area contributed by atoms with Gasteiger partial charge >= 0.3 is 0 Å². The molecule has 2 aromatic carbocycles.